The second-order valence-electron chi connectivity index (χ2n) is 5.03. The van der Waals surface area contributed by atoms with Gasteiger partial charge in [-0.2, -0.15) is 0 Å². The van der Waals surface area contributed by atoms with Crippen LogP contribution < -0.4 is 5.32 Å². The van der Waals surface area contributed by atoms with Crippen molar-refractivity contribution in [1.82, 2.24) is 4.98 Å². The predicted octanol–water partition coefficient (Wildman–Crippen LogP) is 5.13. The van der Waals surface area contributed by atoms with E-state index in [-0.39, 0.29) is 0 Å². The maximum Gasteiger partial charge on any atom is 0.138 e. The van der Waals surface area contributed by atoms with Crippen molar-refractivity contribution in [2.45, 2.75) is 0 Å². The minimum absolute atomic E-state index is 0.893. The van der Waals surface area contributed by atoms with Crippen LogP contribution in [0.5, 0.6) is 0 Å². The lowest BCUT2D eigenvalue weighted by atomic mass is 10.1. The molecule has 0 saturated carbocycles. The first kappa shape index (κ1) is 11.9. The van der Waals surface area contributed by atoms with Crippen LogP contribution in [0.2, 0.25) is 0 Å². The van der Waals surface area contributed by atoms with Crippen molar-refractivity contribution in [3.8, 4) is 0 Å². The Morgan fingerprint density at radius 1 is 0.619 bits per heavy atom. The smallest absolute Gasteiger partial charge is 0.138 e. The van der Waals surface area contributed by atoms with Gasteiger partial charge in [-0.3, -0.25) is 0 Å². The van der Waals surface area contributed by atoms with Gasteiger partial charge in [0.25, 0.3) is 0 Å². The maximum atomic E-state index is 4.50. The molecule has 0 amide bonds. The number of anilines is 2. The number of benzene rings is 3. The van der Waals surface area contributed by atoms with E-state index in [1.807, 2.05) is 24.4 Å². The molecule has 0 bridgehead atoms. The molecule has 0 unspecified atom stereocenters. The Morgan fingerprint density at radius 2 is 1.29 bits per heavy atom. The fourth-order valence-corrected chi connectivity index (χ4v) is 2.68. The molecule has 0 saturated heterocycles. The lowest BCUT2D eigenvalue weighted by Gasteiger charge is -2.11. The fraction of sp³-hybridized carbons (Fsp3) is 0. The number of aromatic nitrogens is 1. The Labute approximate surface area is 123 Å². The minimum Gasteiger partial charge on any atom is -0.339 e. The standard InChI is InChI=1S/C19H14N2/c1-3-9-16-14(6-1)8-5-11-18(16)21-19-17-10-4-2-7-15(17)12-13-20-19/h1-13H,(H,20,21). The summed E-state index contributed by atoms with van der Waals surface area (Å²) in [5, 5.41) is 8.23. The molecule has 1 heterocycles. The second-order valence-corrected chi connectivity index (χ2v) is 5.03. The van der Waals surface area contributed by atoms with Crippen LogP contribution in [-0.2, 0) is 0 Å². The first-order valence-corrected chi connectivity index (χ1v) is 7.00. The molecule has 0 aliphatic heterocycles. The van der Waals surface area contributed by atoms with E-state index in [0.29, 0.717) is 0 Å². The van der Waals surface area contributed by atoms with Crippen molar-refractivity contribution in [2.75, 3.05) is 5.32 Å². The van der Waals surface area contributed by atoms with Crippen molar-refractivity contribution >= 4 is 33.1 Å². The lowest BCUT2D eigenvalue weighted by Crippen LogP contribution is -1.95. The van der Waals surface area contributed by atoms with E-state index in [2.05, 4.69) is 64.9 Å². The molecule has 0 fully saturated rings. The van der Waals surface area contributed by atoms with Crippen molar-refractivity contribution < 1.29 is 0 Å². The highest BCUT2D eigenvalue weighted by Crippen LogP contribution is 2.28. The fourth-order valence-electron chi connectivity index (χ4n) is 2.68. The van der Waals surface area contributed by atoms with E-state index in [1.165, 1.54) is 16.2 Å². The molecule has 0 aliphatic carbocycles. The lowest BCUT2D eigenvalue weighted by molar-refractivity contribution is 1.34. The van der Waals surface area contributed by atoms with Crippen molar-refractivity contribution in [2.24, 2.45) is 0 Å². The summed E-state index contributed by atoms with van der Waals surface area (Å²) < 4.78 is 0. The molecule has 2 heteroatoms. The molecular weight excluding hydrogens is 256 g/mol. The molecule has 4 rings (SSSR count). The quantitative estimate of drug-likeness (QED) is 0.546. The molecule has 2 nitrogen and oxygen atoms in total. The van der Waals surface area contributed by atoms with Gasteiger partial charge in [0.05, 0.1) is 0 Å². The molecule has 21 heavy (non-hydrogen) atoms. The van der Waals surface area contributed by atoms with Crippen LogP contribution in [0.1, 0.15) is 0 Å². The van der Waals surface area contributed by atoms with Gasteiger partial charge >= 0.3 is 0 Å². The third kappa shape index (κ3) is 2.11. The Balaban J connectivity index is 1.87. The third-order valence-corrected chi connectivity index (χ3v) is 3.72. The summed E-state index contributed by atoms with van der Waals surface area (Å²) >= 11 is 0. The van der Waals surface area contributed by atoms with Crippen LogP contribution in [0.3, 0.4) is 0 Å². The monoisotopic (exact) mass is 270 g/mol. The first-order valence-electron chi connectivity index (χ1n) is 7.00. The molecule has 3 aromatic carbocycles. The summed E-state index contributed by atoms with van der Waals surface area (Å²) in [4.78, 5) is 4.50. The number of pyridine rings is 1. The summed E-state index contributed by atoms with van der Waals surface area (Å²) in [5.41, 5.74) is 1.08. The van der Waals surface area contributed by atoms with E-state index in [0.717, 1.165) is 16.9 Å². The van der Waals surface area contributed by atoms with Crippen LogP contribution >= 0.6 is 0 Å². The predicted molar refractivity (Wildman–Crippen MR) is 89.0 cm³/mol. The zero-order valence-corrected chi connectivity index (χ0v) is 11.5. The summed E-state index contributed by atoms with van der Waals surface area (Å²) in [6.45, 7) is 0. The van der Waals surface area contributed by atoms with E-state index >= 15 is 0 Å². The molecule has 0 spiro atoms. The number of nitrogens with zero attached hydrogens (tertiary/aromatic N) is 1. The van der Waals surface area contributed by atoms with Gasteiger partial charge in [-0.05, 0) is 22.9 Å². The van der Waals surface area contributed by atoms with E-state index in [9.17, 15) is 0 Å². The number of hydrogen-bond acceptors (Lipinski definition) is 2. The molecule has 0 radical (unpaired) electrons. The van der Waals surface area contributed by atoms with Crippen molar-refractivity contribution in [1.29, 1.82) is 0 Å². The minimum atomic E-state index is 0.893. The number of fused-ring (bicyclic) bond motifs is 2. The topological polar surface area (TPSA) is 24.9 Å². The SMILES string of the molecule is c1ccc2c(Nc3nccc4ccccc34)cccc2c1. The summed E-state index contributed by atoms with van der Waals surface area (Å²) in [7, 11) is 0. The zero-order chi connectivity index (χ0) is 14.1. The molecule has 100 valence electrons. The van der Waals surface area contributed by atoms with Gasteiger partial charge < -0.3 is 5.32 Å². The van der Waals surface area contributed by atoms with Gasteiger partial charge in [0, 0.05) is 22.7 Å². The third-order valence-electron chi connectivity index (χ3n) is 3.72. The van der Waals surface area contributed by atoms with E-state index in [1.54, 1.807) is 0 Å². The van der Waals surface area contributed by atoms with E-state index in [4.69, 9.17) is 0 Å². The average molecular weight is 270 g/mol. The molecule has 0 atom stereocenters. The van der Waals surface area contributed by atoms with Crippen LogP contribution in [0.4, 0.5) is 11.5 Å². The number of rotatable bonds is 2. The van der Waals surface area contributed by atoms with Gasteiger partial charge in [0.15, 0.2) is 0 Å². The van der Waals surface area contributed by atoms with E-state index < -0.39 is 0 Å². The zero-order valence-electron chi connectivity index (χ0n) is 11.5. The van der Waals surface area contributed by atoms with Crippen LogP contribution in [0, 0.1) is 0 Å². The number of hydrogen-bond donors (Lipinski definition) is 1. The summed E-state index contributed by atoms with van der Waals surface area (Å²) in [5.74, 6) is 0.893. The normalized spacial score (nSPS) is 10.9. The Kier molecular flexibility index (Phi) is 2.79. The summed E-state index contributed by atoms with van der Waals surface area (Å²) in [6.07, 6.45) is 1.84. The molecular formula is C19H14N2. The molecule has 1 N–H and O–H groups in total. The van der Waals surface area contributed by atoms with Crippen molar-refractivity contribution in [3.05, 3.63) is 79.0 Å². The highest BCUT2D eigenvalue weighted by atomic mass is 15.0. The van der Waals surface area contributed by atoms with Gasteiger partial charge in [-0.25, -0.2) is 4.98 Å². The van der Waals surface area contributed by atoms with Crippen LogP contribution in [0.25, 0.3) is 21.5 Å². The molecule has 0 aliphatic rings. The Morgan fingerprint density at radius 3 is 2.14 bits per heavy atom. The first-order chi connectivity index (χ1) is 10.4. The largest absolute Gasteiger partial charge is 0.339 e. The van der Waals surface area contributed by atoms with Gasteiger partial charge in [-0.1, -0.05) is 60.7 Å². The van der Waals surface area contributed by atoms with Gasteiger partial charge in [-0.15, -0.1) is 0 Å². The average Bonchev–Trinajstić information content (AvgIpc) is 2.56. The summed E-state index contributed by atoms with van der Waals surface area (Å²) in [6, 6.07) is 25.0. The van der Waals surface area contributed by atoms with Crippen LogP contribution in [0.15, 0.2) is 79.0 Å². The highest BCUT2D eigenvalue weighted by molar-refractivity contribution is 5.99. The number of nitrogens with one attached hydrogen (secondary N) is 1. The highest BCUT2D eigenvalue weighted by Gasteiger charge is 2.04. The van der Waals surface area contributed by atoms with Gasteiger partial charge in [0.2, 0.25) is 0 Å². The van der Waals surface area contributed by atoms with Crippen LogP contribution in [-0.4, -0.2) is 4.98 Å². The Bertz CT molecular complexity index is 841. The maximum absolute atomic E-state index is 4.50. The van der Waals surface area contributed by atoms with Crippen molar-refractivity contribution in [3.63, 3.8) is 0 Å². The van der Waals surface area contributed by atoms with Gasteiger partial charge in [0.1, 0.15) is 5.82 Å². The Hall–Kier alpha value is -2.87. The molecule has 1 aromatic heterocycles. The second kappa shape index (κ2) is 4.91. The molecule has 4 aromatic rings.